The van der Waals surface area contributed by atoms with Gasteiger partial charge in [0.2, 0.25) is 0 Å². The highest BCUT2D eigenvalue weighted by atomic mass is 16.3. The number of hydrogen-bond acceptors (Lipinski definition) is 2. The van der Waals surface area contributed by atoms with Crippen LogP contribution in [-0.4, -0.2) is 11.7 Å². The van der Waals surface area contributed by atoms with Crippen LogP contribution in [0.15, 0.2) is 12.1 Å². The summed E-state index contributed by atoms with van der Waals surface area (Å²) in [5.41, 5.74) is 9.40. The average Bonchev–Trinajstić information content (AvgIpc) is 2.75. The molecule has 1 aromatic rings. The number of phenolic OH excluding ortho intramolecular Hbond substituents is 1. The molecule has 0 aromatic heterocycles. The molecule has 16 heavy (non-hydrogen) atoms. The van der Waals surface area contributed by atoms with Crippen molar-refractivity contribution >= 4 is 0 Å². The third-order valence-corrected chi connectivity index (χ3v) is 4.05. The Bertz CT molecular complexity index is 369. The molecule has 1 aliphatic rings. The van der Waals surface area contributed by atoms with Crippen molar-refractivity contribution in [2.24, 2.45) is 5.73 Å². The van der Waals surface area contributed by atoms with E-state index in [1.54, 1.807) is 0 Å². The number of hydrogen-bond donors (Lipinski definition) is 2. The molecule has 0 aliphatic heterocycles. The molecule has 88 valence electrons. The predicted molar refractivity (Wildman–Crippen MR) is 66.8 cm³/mol. The number of aromatic hydroxyl groups is 1. The summed E-state index contributed by atoms with van der Waals surface area (Å²) in [4.78, 5) is 0. The first-order chi connectivity index (χ1) is 7.59. The van der Waals surface area contributed by atoms with Crippen LogP contribution in [0.25, 0.3) is 0 Å². The minimum Gasteiger partial charge on any atom is -0.507 e. The molecule has 2 rings (SSSR count). The van der Waals surface area contributed by atoms with Crippen LogP contribution in [0, 0.1) is 13.8 Å². The molecule has 2 heteroatoms. The van der Waals surface area contributed by atoms with Gasteiger partial charge in [-0.1, -0.05) is 25.0 Å². The largest absolute Gasteiger partial charge is 0.507 e. The van der Waals surface area contributed by atoms with Gasteiger partial charge < -0.3 is 10.8 Å². The van der Waals surface area contributed by atoms with Crippen molar-refractivity contribution < 1.29 is 5.11 Å². The quantitative estimate of drug-likeness (QED) is 0.803. The molecule has 1 saturated carbocycles. The van der Waals surface area contributed by atoms with Crippen molar-refractivity contribution in [3.05, 3.63) is 28.8 Å². The van der Waals surface area contributed by atoms with E-state index in [9.17, 15) is 5.11 Å². The molecule has 3 N–H and O–H groups in total. The molecule has 1 aromatic carbocycles. The number of rotatable bonds is 2. The fourth-order valence-corrected chi connectivity index (χ4v) is 2.92. The van der Waals surface area contributed by atoms with E-state index < -0.39 is 0 Å². The minimum absolute atomic E-state index is 0.170. The van der Waals surface area contributed by atoms with Gasteiger partial charge in [-0.05, 0) is 43.4 Å². The normalized spacial score (nSPS) is 18.9. The van der Waals surface area contributed by atoms with E-state index in [2.05, 4.69) is 12.1 Å². The Labute approximate surface area is 97.5 Å². The Hall–Kier alpha value is -1.02. The molecule has 0 bridgehead atoms. The van der Waals surface area contributed by atoms with Crippen LogP contribution < -0.4 is 5.73 Å². The Morgan fingerprint density at radius 3 is 2.12 bits per heavy atom. The molecule has 0 radical (unpaired) electrons. The van der Waals surface area contributed by atoms with Gasteiger partial charge in [-0.15, -0.1) is 0 Å². The SMILES string of the molecule is Cc1cc(C2(CN)CCCC2)cc(C)c1O. The second-order valence-electron chi connectivity index (χ2n) is 5.15. The van der Waals surface area contributed by atoms with Gasteiger partial charge in [-0.2, -0.15) is 0 Å². The van der Waals surface area contributed by atoms with Crippen LogP contribution >= 0.6 is 0 Å². The lowest BCUT2D eigenvalue weighted by Gasteiger charge is -2.29. The van der Waals surface area contributed by atoms with Gasteiger partial charge in [0.15, 0.2) is 0 Å². The van der Waals surface area contributed by atoms with Crippen LogP contribution in [-0.2, 0) is 5.41 Å². The number of phenols is 1. The first-order valence-corrected chi connectivity index (χ1v) is 6.10. The van der Waals surface area contributed by atoms with Crippen LogP contribution in [0.2, 0.25) is 0 Å². The molecular weight excluding hydrogens is 198 g/mol. The van der Waals surface area contributed by atoms with Crippen molar-refractivity contribution in [3.63, 3.8) is 0 Å². The lowest BCUT2D eigenvalue weighted by atomic mass is 9.78. The molecule has 0 atom stereocenters. The van der Waals surface area contributed by atoms with Crippen molar-refractivity contribution in [1.82, 2.24) is 0 Å². The molecule has 0 unspecified atom stereocenters. The molecule has 0 heterocycles. The number of benzene rings is 1. The Balaban J connectivity index is 2.47. The van der Waals surface area contributed by atoms with Crippen molar-refractivity contribution in [2.45, 2.75) is 44.9 Å². The second-order valence-corrected chi connectivity index (χ2v) is 5.15. The summed E-state index contributed by atoms with van der Waals surface area (Å²) in [6.07, 6.45) is 4.92. The van der Waals surface area contributed by atoms with Gasteiger partial charge in [-0.3, -0.25) is 0 Å². The zero-order valence-corrected chi connectivity index (χ0v) is 10.2. The maximum absolute atomic E-state index is 9.80. The van der Waals surface area contributed by atoms with Gasteiger partial charge >= 0.3 is 0 Å². The van der Waals surface area contributed by atoms with E-state index in [0.29, 0.717) is 5.75 Å². The zero-order valence-electron chi connectivity index (χ0n) is 10.2. The zero-order chi connectivity index (χ0) is 11.8. The second kappa shape index (κ2) is 4.10. The fourth-order valence-electron chi connectivity index (χ4n) is 2.92. The highest BCUT2D eigenvalue weighted by molar-refractivity contribution is 5.45. The van der Waals surface area contributed by atoms with Crippen LogP contribution in [0.4, 0.5) is 0 Å². The maximum Gasteiger partial charge on any atom is 0.121 e. The fraction of sp³-hybridized carbons (Fsp3) is 0.571. The van der Waals surface area contributed by atoms with Gasteiger partial charge in [0, 0.05) is 12.0 Å². The minimum atomic E-state index is 0.170. The van der Waals surface area contributed by atoms with Crippen molar-refractivity contribution in [1.29, 1.82) is 0 Å². The van der Waals surface area contributed by atoms with Crippen molar-refractivity contribution in [2.75, 3.05) is 6.54 Å². The van der Waals surface area contributed by atoms with E-state index in [1.165, 1.54) is 31.2 Å². The molecule has 1 fully saturated rings. The topological polar surface area (TPSA) is 46.2 Å². The standard InChI is InChI=1S/C14H21NO/c1-10-7-12(8-11(2)13(10)16)14(9-15)5-3-4-6-14/h7-8,16H,3-6,9,15H2,1-2H3. The molecule has 1 aliphatic carbocycles. The summed E-state index contributed by atoms with van der Waals surface area (Å²) in [5.74, 6) is 0.425. The van der Waals surface area contributed by atoms with E-state index in [-0.39, 0.29) is 5.41 Å². The molecule has 0 amide bonds. The van der Waals surface area contributed by atoms with Crippen LogP contribution in [0.1, 0.15) is 42.4 Å². The molecular formula is C14H21NO. The Morgan fingerprint density at radius 1 is 1.19 bits per heavy atom. The number of aryl methyl sites for hydroxylation is 2. The summed E-state index contributed by atoms with van der Waals surface area (Å²) in [5, 5.41) is 9.80. The van der Waals surface area contributed by atoms with Gasteiger partial charge in [-0.25, -0.2) is 0 Å². The summed E-state index contributed by atoms with van der Waals surface area (Å²) in [7, 11) is 0. The van der Waals surface area contributed by atoms with E-state index in [1.807, 2.05) is 13.8 Å². The summed E-state index contributed by atoms with van der Waals surface area (Å²) in [6.45, 7) is 4.65. The van der Waals surface area contributed by atoms with E-state index in [4.69, 9.17) is 5.73 Å². The first kappa shape index (κ1) is 11.5. The predicted octanol–water partition coefficient (Wildman–Crippen LogP) is 2.78. The first-order valence-electron chi connectivity index (χ1n) is 6.10. The lowest BCUT2D eigenvalue weighted by Crippen LogP contribution is -2.32. The molecule has 0 spiro atoms. The molecule has 0 saturated heterocycles. The lowest BCUT2D eigenvalue weighted by molar-refractivity contribution is 0.445. The third kappa shape index (κ3) is 1.71. The highest BCUT2D eigenvalue weighted by Crippen LogP contribution is 2.42. The molecule has 2 nitrogen and oxygen atoms in total. The van der Waals surface area contributed by atoms with Gasteiger partial charge in [0.05, 0.1) is 0 Å². The third-order valence-electron chi connectivity index (χ3n) is 4.05. The highest BCUT2D eigenvalue weighted by Gasteiger charge is 2.34. The van der Waals surface area contributed by atoms with E-state index in [0.717, 1.165) is 17.7 Å². The smallest absolute Gasteiger partial charge is 0.121 e. The monoisotopic (exact) mass is 219 g/mol. The summed E-state index contributed by atoms with van der Waals surface area (Å²) < 4.78 is 0. The maximum atomic E-state index is 9.80. The average molecular weight is 219 g/mol. The van der Waals surface area contributed by atoms with E-state index >= 15 is 0 Å². The van der Waals surface area contributed by atoms with Crippen molar-refractivity contribution in [3.8, 4) is 5.75 Å². The Kier molecular flexibility index (Phi) is 2.94. The summed E-state index contributed by atoms with van der Waals surface area (Å²) >= 11 is 0. The van der Waals surface area contributed by atoms with Gasteiger partial charge in [0.1, 0.15) is 5.75 Å². The van der Waals surface area contributed by atoms with Crippen LogP contribution in [0.5, 0.6) is 5.75 Å². The van der Waals surface area contributed by atoms with Crippen LogP contribution in [0.3, 0.4) is 0 Å². The number of nitrogens with two attached hydrogens (primary N) is 1. The Morgan fingerprint density at radius 2 is 1.69 bits per heavy atom. The summed E-state index contributed by atoms with van der Waals surface area (Å²) in [6, 6.07) is 4.22. The van der Waals surface area contributed by atoms with Gasteiger partial charge in [0.25, 0.3) is 0 Å².